The zero-order valence-corrected chi connectivity index (χ0v) is 19.9. The van der Waals surface area contributed by atoms with E-state index in [1.54, 1.807) is 0 Å². The molecular weight excluding hydrogens is 398 g/mol. The first-order chi connectivity index (χ1) is 15.5. The number of ketones is 1. The molecule has 0 bridgehead atoms. The summed E-state index contributed by atoms with van der Waals surface area (Å²) in [6.07, 6.45) is 11.3. The molecule has 3 unspecified atom stereocenters. The van der Waals surface area contributed by atoms with Crippen LogP contribution in [0.25, 0.3) is 10.4 Å². The minimum absolute atomic E-state index is 0.208. The summed E-state index contributed by atoms with van der Waals surface area (Å²) in [6, 6.07) is 0. The summed E-state index contributed by atoms with van der Waals surface area (Å²) in [7, 11) is 0. The van der Waals surface area contributed by atoms with Crippen molar-refractivity contribution in [1.29, 1.82) is 0 Å². The fourth-order valence-corrected chi connectivity index (χ4v) is 6.75. The van der Waals surface area contributed by atoms with Crippen LogP contribution in [-0.4, -0.2) is 23.5 Å². The van der Waals surface area contributed by atoms with Crippen molar-refractivity contribution in [2.75, 3.05) is 6.54 Å². The van der Waals surface area contributed by atoms with Gasteiger partial charge in [-0.1, -0.05) is 37.2 Å². The maximum atomic E-state index is 13.2. The molecule has 5 nitrogen and oxygen atoms in total. The molecule has 32 heavy (non-hydrogen) atoms. The zero-order valence-electron chi connectivity index (χ0n) is 19.9. The molecule has 3 aliphatic carbocycles. The van der Waals surface area contributed by atoms with Gasteiger partial charge < -0.3 is 5.11 Å². The molecule has 3 rings (SSSR count). The first kappa shape index (κ1) is 24.7. The highest BCUT2D eigenvalue weighted by molar-refractivity contribution is 5.82. The zero-order chi connectivity index (χ0) is 23.0. The minimum atomic E-state index is -0.515. The molecule has 3 aliphatic rings. The van der Waals surface area contributed by atoms with Crippen LogP contribution in [-0.2, 0) is 4.79 Å². The van der Waals surface area contributed by atoms with Gasteiger partial charge in [0.2, 0.25) is 0 Å². The second kappa shape index (κ2) is 11.8. The number of carbonyl (C=O) groups excluding carboxylic acids is 1. The lowest BCUT2D eigenvalue weighted by Crippen LogP contribution is -2.33. The normalized spacial score (nSPS) is 30.9. The van der Waals surface area contributed by atoms with Crippen molar-refractivity contribution in [3.63, 3.8) is 0 Å². The lowest BCUT2D eigenvalue weighted by molar-refractivity contribution is -0.127. The van der Waals surface area contributed by atoms with Crippen molar-refractivity contribution < 1.29 is 9.90 Å². The fraction of sp³-hybridized carbons (Fsp3) is 0.815. The predicted octanol–water partition coefficient (Wildman–Crippen LogP) is 6.06. The summed E-state index contributed by atoms with van der Waals surface area (Å²) in [6.45, 7) is 4.50. The number of rotatable bonds is 8. The Labute approximate surface area is 193 Å². The molecule has 174 valence electrons. The van der Waals surface area contributed by atoms with Crippen molar-refractivity contribution in [1.82, 2.24) is 0 Å². The average Bonchev–Trinajstić information content (AvgIpc) is 3.24. The Bertz CT molecular complexity index is 817. The number of unbranched alkanes of at least 4 members (excludes halogenated alkanes) is 1. The molecular formula is C27H39N3O2. The predicted molar refractivity (Wildman–Crippen MR) is 127 cm³/mol. The number of hydrogen-bond donors (Lipinski definition) is 1. The molecule has 3 fully saturated rings. The number of carbonyl (C=O) groups is 1. The number of aliphatic hydroxyl groups is 1. The van der Waals surface area contributed by atoms with E-state index in [0.717, 1.165) is 38.5 Å². The summed E-state index contributed by atoms with van der Waals surface area (Å²) in [4.78, 5) is 16.1. The molecule has 0 radical (unpaired) electrons. The van der Waals surface area contributed by atoms with E-state index in [-0.39, 0.29) is 23.0 Å². The third kappa shape index (κ3) is 5.70. The summed E-state index contributed by atoms with van der Waals surface area (Å²) >= 11 is 0. The topological polar surface area (TPSA) is 86.1 Å². The van der Waals surface area contributed by atoms with Gasteiger partial charge in [0, 0.05) is 42.6 Å². The summed E-state index contributed by atoms with van der Waals surface area (Å²) in [5, 5.41) is 14.5. The Hall–Kier alpha value is -1.94. The molecule has 1 spiro atoms. The third-order valence-electron chi connectivity index (χ3n) is 8.28. The van der Waals surface area contributed by atoms with E-state index in [2.05, 4.69) is 40.6 Å². The molecule has 0 aromatic carbocycles. The largest absolute Gasteiger partial charge is 0.392 e. The summed E-state index contributed by atoms with van der Waals surface area (Å²) < 4.78 is 0. The Balaban J connectivity index is 1.70. The molecule has 0 aromatic heterocycles. The second-order valence-corrected chi connectivity index (χ2v) is 10.4. The average molecular weight is 438 g/mol. The number of azide groups is 1. The van der Waals surface area contributed by atoms with E-state index in [0.29, 0.717) is 30.7 Å². The summed E-state index contributed by atoms with van der Waals surface area (Å²) in [5.74, 6) is 14.4. The summed E-state index contributed by atoms with van der Waals surface area (Å²) in [5.41, 5.74) is 8.66. The van der Waals surface area contributed by atoms with E-state index in [4.69, 9.17) is 5.53 Å². The molecule has 6 atom stereocenters. The number of fused-ring (bicyclic) bond motifs is 1. The number of hydrogen-bond acceptors (Lipinski definition) is 3. The highest BCUT2D eigenvalue weighted by Gasteiger charge is 2.60. The van der Waals surface area contributed by atoms with E-state index in [1.807, 2.05) is 6.92 Å². The lowest BCUT2D eigenvalue weighted by Gasteiger charge is -2.39. The van der Waals surface area contributed by atoms with Gasteiger partial charge in [0.1, 0.15) is 5.78 Å². The monoisotopic (exact) mass is 437 g/mol. The Kier molecular flexibility index (Phi) is 9.10. The molecule has 0 heterocycles. The van der Waals surface area contributed by atoms with Crippen LogP contribution in [0, 0.1) is 58.7 Å². The Morgan fingerprint density at radius 1 is 1.25 bits per heavy atom. The van der Waals surface area contributed by atoms with Crippen LogP contribution in [0.15, 0.2) is 5.11 Å². The molecule has 0 aromatic rings. The Morgan fingerprint density at radius 3 is 2.75 bits per heavy atom. The molecule has 1 N–H and O–H groups in total. The van der Waals surface area contributed by atoms with Crippen molar-refractivity contribution in [3.05, 3.63) is 10.4 Å². The van der Waals surface area contributed by atoms with Crippen LogP contribution in [0.5, 0.6) is 0 Å². The van der Waals surface area contributed by atoms with Crippen molar-refractivity contribution >= 4 is 5.78 Å². The van der Waals surface area contributed by atoms with Crippen LogP contribution in [0.2, 0.25) is 0 Å². The Morgan fingerprint density at radius 2 is 2.03 bits per heavy atom. The van der Waals surface area contributed by atoms with Gasteiger partial charge in [0.05, 0.1) is 6.10 Å². The van der Waals surface area contributed by atoms with Crippen molar-refractivity contribution in [2.45, 2.75) is 97.0 Å². The number of aliphatic hydroxyl groups excluding tert-OH is 1. The maximum absolute atomic E-state index is 13.2. The highest BCUT2D eigenvalue weighted by atomic mass is 16.3. The SMILES string of the molecule is CC#CCC(C)CCC(=O)[C@@H]1C2CC3(CCCCC3)[C@@H](C#CCCCN=[N+]=[N-])C2C[C@H]1O. The lowest BCUT2D eigenvalue weighted by atomic mass is 9.65. The van der Waals surface area contributed by atoms with Crippen molar-refractivity contribution in [2.24, 2.45) is 40.1 Å². The first-order valence-electron chi connectivity index (χ1n) is 12.6. The van der Waals surface area contributed by atoms with E-state index >= 15 is 0 Å². The van der Waals surface area contributed by atoms with Gasteiger partial charge in [0.15, 0.2) is 0 Å². The van der Waals surface area contributed by atoms with Gasteiger partial charge in [0.25, 0.3) is 0 Å². The van der Waals surface area contributed by atoms with Gasteiger partial charge >= 0.3 is 0 Å². The van der Waals surface area contributed by atoms with Gasteiger partial charge in [-0.25, -0.2) is 0 Å². The quantitative estimate of drug-likeness (QED) is 0.164. The second-order valence-electron chi connectivity index (χ2n) is 10.4. The smallest absolute Gasteiger partial charge is 0.138 e. The van der Waals surface area contributed by atoms with Gasteiger partial charge in [-0.3, -0.25) is 4.79 Å². The van der Waals surface area contributed by atoms with Gasteiger partial charge in [-0.05, 0) is 74.1 Å². The van der Waals surface area contributed by atoms with Crippen molar-refractivity contribution in [3.8, 4) is 23.7 Å². The van der Waals surface area contributed by atoms with Crippen LogP contribution in [0.1, 0.15) is 90.9 Å². The fourth-order valence-electron chi connectivity index (χ4n) is 6.75. The molecule has 0 saturated heterocycles. The number of Topliss-reactive ketones (excluding diaryl/α,β-unsaturated/α-hetero) is 1. The van der Waals surface area contributed by atoms with Crippen LogP contribution >= 0.6 is 0 Å². The van der Waals surface area contributed by atoms with E-state index in [1.165, 1.54) is 32.1 Å². The maximum Gasteiger partial charge on any atom is 0.138 e. The molecule has 0 aliphatic heterocycles. The molecule has 5 heteroatoms. The highest BCUT2D eigenvalue weighted by Crippen LogP contribution is 2.63. The van der Waals surface area contributed by atoms with Crippen LogP contribution in [0.3, 0.4) is 0 Å². The van der Waals surface area contributed by atoms with Gasteiger partial charge in [-0.2, -0.15) is 0 Å². The van der Waals surface area contributed by atoms with E-state index < -0.39 is 6.10 Å². The van der Waals surface area contributed by atoms with Gasteiger partial charge in [-0.15, -0.1) is 17.8 Å². The molecule has 3 saturated carbocycles. The third-order valence-corrected chi connectivity index (χ3v) is 8.28. The number of nitrogens with zero attached hydrogens (tertiary/aromatic N) is 3. The first-order valence-corrected chi connectivity index (χ1v) is 12.6. The minimum Gasteiger partial charge on any atom is -0.392 e. The van der Waals surface area contributed by atoms with E-state index in [9.17, 15) is 9.90 Å². The standard InChI is InChI=1S/C27H39N3O2/c1-3-4-11-20(2)13-14-24(31)26-22-19-27(15-8-6-9-16-27)23(21(22)18-25(26)32)12-7-5-10-17-29-30-28/h20-23,25-26,32H,5-6,8-11,13-19H2,1-2H3/t20?,21?,22?,23-,25+,26-/m0/s1. The van der Waals surface area contributed by atoms with Crippen LogP contribution in [0.4, 0.5) is 0 Å². The van der Waals surface area contributed by atoms with Crippen LogP contribution < -0.4 is 0 Å². The molecule has 0 amide bonds.